The lowest BCUT2D eigenvalue weighted by molar-refractivity contribution is -0.0120. The molecule has 4 heteroatoms. The highest BCUT2D eigenvalue weighted by molar-refractivity contribution is 5.44. The first-order valence-corrected chi connectivity index (χ1v) is 12.6. The summed E-state index contributed by atoms with van der Waals surface area (Å²) in [6.45, 7) is 1.61. The molecule has 0 saturated heterocycles. The summed E-state index contributed by atoms with van der Waals surface area (Å²) in [6.07, 6.45) is 11.1. The number of ether oxygens (including phenoxy) is 1. The summed E-state index contributed by atoms with van der Waals surface area (Å²) >= 11 is 0. The molecule has 174 valence electrons. The van der Waals surface area contributed by atoms with Crippen LogP contribution in [-0.2, 0) is 6.42 Å². The van der Waals surface area contributed by atoms with Gasteiger partial charge in [-0.3, -0.25) is 0 Å². The van der Waals surface area contributed by atoms with E-state index in [2.05, 4.69) is 49.3 Å². The molecule has 1 aromatic rings. The van der Waals surface area contributed by atoms with Crippen molar-refractivity contribution in [2.24, 2.45) is 17.3 Å². The summed E-state index contributed by atoms with van der Waals surface area (Å²) < 4.78 is 5.88. The molecule has 5 atom stereocenters. The fourth-order valence-electron chi connectivity index (χ4n) is 7.21. The molecule has 0 heterocycles. The smallest absolute Gasteiger partial charge is 0.119 e. The van der Waals surface area contributed by atoms with Gasteiger partial charge in [0.05, 0.1) is 12.2 Å². The number of hydrogen-bond acceptors (Lipinski definition) is 4. The van der Waals surface area contributed by atoms with Gasteiger partial charge >= 0.3 is 0 Å². The van der Waals surface area contributed by atoms with Crippen LogP contribution in [0.15, 0.2) is 47.1 Å². The van der Waals surface area contributed by atoms with Crippen molar-refractivity contribution in [3.63, 3.8) is 0 Å². The van der Waals surface area contributed by atoms with Crippen LogP contribution in [0.3, 0.4) is 0 Å². The minimum atomic E-state index is -0.253. The van der Waals surface area contributed by atoms with Gasteiger partial charge in [-0.15, -0.1) is 0 Å². The molecule has 5 rings (SSSR count). The van der Waals surface area contributed by atoms with E-state index in [1.54, 1.807) is 11.1 Å². The number of likely N-dealkylation sites (N-methyl/N-ethyl adjacent to an activating group) is 1. The molecule has 4 aliphatic carbocycles. The van der Waals surface area contributed by atoms with Gasteiger partial charge in [0.1, 0.15) is 12.4 Å². The Morgan fingerprint density at radius 2 is 1.81 bits per heavy atom. The van der Waals surface area contributed by atoms with Crippen molar-refractivity contribution in [1.29, 1.82) is 0 Å². The Kier molecular flexibility index (Phi) is 6.21. The van der Waals surface area contributed by atoms with Crippen LogP contribution in [0.2, 0.25) is 0 Å². The molecular weight excluding hydrogens is 398 g/mol. The van der Waals surface area contributed by atoms with Gasteiger partial charge in [-0.1, -0.05) is 23.8 Å². The monoisotopic (exact) mass is 437 g/mol. The summed E-state index contributed by atoms with van der Waals surface area (Å²) in [5.41, 5.74) is 6.00. The molecule has 32 heavy (non-hydrogen) atoms. The van der Waals surface area contributed by atoms with Gasteiger partial charge in [-0.05, 0) is 113 Å². The largest absolute Gasteiger partial charge is 0.492 e. The lowest BCUT2D eigenvalue weighted by atomic mass is 9.55. The van der Waals surface area contributed by atoms with Crippen molar-refractivity contribution in [3.05, 3.63) is 52.6 Å². The van der Waals surface area contributed by atoms with Crippen molar-refractivity contribution in [2.75, 3.05) is 27.2 Å². The first-order chi connectivity index (χ1) is 15.5. The van der Waals surface area contributed by atoms with E-state index in [4.69, 9.17) is 4.74 Å². The Morgan fingerprint density at radius 3 is 2.59 bits per heavy atom. The third-order valence-electron chi connectivity index (χ3n) is 8.79. The number of aliphatic hydroxyl groups is 2. The maximum Gasteiger partial charge on any atom is 0.119 e. The van der Waals surface area contributed by atoms with Crippen molar-refractivity contribution >= 4 is 0 Å². The first kappa shape index (κ1) is 22.2. The highest BCUT2D eigenvalue weighted by Gasteiger charge is 2.55. The summed E-state index contributed by atoms with van der Waals surface area (Å²) in [7, 11) is 4.11. The molecule has 4 nitrogen and oxygen atoms in total. The third kappa shape index (κ3) is 4.06. The average molecular weight is 438 g/mol. The van der Waals surface area contributed by atoms with Crippen LogP contribution < -0.4 is 4.74 Å². The van der Waals surface area contributed by atoms with Gasteiger partial charge < -0.3 is 19.8 Å². The minimum absolute atomic E-state index is 0.0113. The number of allylic oxidation sites excluding steroid dienone is 3. The van der Waals surface area contributed by atoms with Crippen molar-refractivity contribution in [2.45, 2.75) is 70.0 Å². The average Bonchev–Trinajstić information content (AvgIpc) is 3.10. The van der Waals surface area contributed by atoms with Crippen molar-refractivity contribution in [1.82, 2.24) is 4.90 Å². The molecule has 1 aromatic carbocycles. The molecule has 0 bridgehead atoms. The Morgan fingerprint density at radius 1 is 1.00 bits per heavy atom. The van der Waals surface area contributed by atoms with Crippen LogP contribution >= 0.6 is 0 Å². The van der Waals surface area contributed by atoms with Gasteiger partial charge in [0.2, 0.25) is 0 Å². The van der Waals surface area contributed by atoms with Gasteiger partial charge in [0.15, 0.2) is 0 Å². The third-order valence-corrected chi connectivity index (χ3v) is 8.79. The predicted molar refractivity (Wildman–Crippen MR) is 128 cm³/mol. The second kappa shape index (κ2) is 8.96. The summed E-state index contributed by atoms with van der Waals surface area (Å²) in [4.78, 5) is 2.13. The Hall–Kier alpha value is -1.62. The Bertz CT molecular complexity index is 886. The zero-order valence-electron chi connectivity index (χ0n) is 19.7. The summed E-state index contributed by atoms with van der Waals surface area (Å²) in [6, 6.07) is 8.61. The van der Waals surface area contributed by atoms with Crippen molar-refractivity contribution in [3.8, 4) is 5.75 Å². The number of hydrogen-bond donors (Lipinski definition) is 2. The quantitative estimate of drug-likeness (QED) is 0.688. The van der Waals surface area contributed by atoms with E-state index in [0.717, 1.165) is 63.7 Å². The normalized spacial score (nSPS) is 34.1. The van der Waals surface area contributed by atoms with Crippen molar-refractivity contribution < 1.29 is 14.9 Å². The van der Waals surface area contributed by atoms with E-state index in [0.29, 0.717) is 18.4 Å². The number of rotatable bonds is 6. The minimum Gasteiger partial charge on any atom is -0.492 e. The fraction of sp³-hybridized carbons (Fsp3) is 0.643. The van der Waals surface area contributed by atoms with Gasteiger partial charge in [-0.2, -0.15) is 0 Å². The van der Waals surface area contributed by atoms with Gasteiger partial charge in [-0.25, -0.2) is 0 Å². The lowest BCUT2D eigenvalue weighted by Gasteiger charge is -2.50. The SMILES string of the molecule is CN(C)CCOc1ccc(C[C@]23CCC4=C5CCC(O)C=C5CC[C@H]4[C@@H]2CC[C@@H]3O)cc1. The first-order valence-electron chi connectivity index (χ1n) is 12.6. The number of nitrogens with zero attached hydrogens (tertiary/aromatic N) is 1. The molecule has 2 N–H and O–H groups in total. The van der Waals surface area contributed by atoms with Crippen LogP contribution in [0.1, 0.15) is 56.9 Å². The molecule has 0 radical (unpaired) electrons. The van der Waals surface area contributed by atoms with E-state index >= 15 is 0 Å². The zero-order valence-corrected chi connectivity index (χ0v) is 19.7. The number of aliphatic hydroxyl groups excluding tert-OH is 2. The molecule has 0 aliphatic heterocycles. The summed E-state index contributed by atoms with van der Waals surface area (Å²) in [5, 5.41) is 21.3. The van der Waals surface area contributed by atoms with Gasteiger partial charge in [0.25, 0.3) is 0 Å². The van der Waals surface area contributed by atoms with E-state index < -0.39 is 0 Å². The lowest BCUT2D eigenvalue weighted by Crippen LogP contribution is -2.45. The van der Waals surface area contributed by atoms with E-state index in [9.17, 15) is 10.2 Å². The Balaban J connectivity index is 1.34. The molecular formula is C28H39NO3. The molecule has 0 amide bonds. The topological polar surface area (TPSA) is 52.9 Å². The van der Waals surface area contributed by atoms with Crippen LogP contribution in [0.5, 0.6) is 5.75 Å². The van der Waals surface area contributed by atoms with Crippen LogP contribution in [0, 0.1) is 17.3 Å². The molecule has 1 unspecified atom stereocenters. The second-order valence-corrected chi connectivity index (χ2v) is 10.9. The number of benzene rings is 1. The van der Waals surface area contributed by atoms with E-state index in [-0.39, 0.29) is 17.6 Å². The molecule has 0 spiro atoms. The molecule has 2 saturated carbocycles. The maximum atomic E-state index is 11.2. The predicted octanol–water partition coefficient (Wildman–Crippen LogP) is 4.51. The molecule has 2 fully saturated rings. The number of fused-ring (bicyclic) bond motifs is 4. The van der Waals surface area contributed by atoms with Crippen LogP contribution in [0.25, 0.3) is 0 Å². The van der Waals surface area contributed by atoms with E-state index in [1.165, 1.54) is 17.6 Å². The van der Waals surface area contributed by atoms with Crippen LogP contribution in [0.4, 0.5) is 0 Å². The molecule has 4 aliphatic rings. The summed E-state index contributed by atoms with van der Waals surface area (Å²) in [5.74, 6) is 2.13. The molecule has 0 aromatic heterocycles. The van der Waals surface area contributed by atoms with Gasteiger partial charge in [0, 0.05) is 12.0 Å². The fourth-order valence-corrected chi connectivity index (χ4v) is 7.21. The highest BCUT2D eigenvalue weighted by Crippen LogP contribution is 2.61. The maximum absolute atomic E-state index is 11.2. The Labute approximate surface area is 193 Å². The standard InChI is InChI=1S/C28H39NO3/c1-29(2)15-16-32-22-7-3-19(4-8-22)18-28-14-13-24-23-10-6-21(30)17-20(23)5-9-25(24)26(28)11-12-27(28)31/h3-4,7-8,17,21,25-27,30-31H,5-6,9-16,18H2,1-2H3/t21?,25-,26+,27+,28-/m1/s1. The highest BCUT2D eigenvalue weighted by atomic mass is 16.5. The second-order valence-electron chi connectivity index (χ2n) is 10.9. The van der Waals surface area contributed by atoms with E-state index in [1.807, 2.05) is 0 Å². The van der Waals surface area contributed by atoms with Crippen LogP contribution in [-0.4, -0.2) is 54.6 Å². The zero-order chi connectivity index (χ0) is 22.3.